The minimum absolute atomic E-state index is 0.135. The Morgan fingerprint density at radius 3 is 2.33 bits per heavy atom. The van der Waals surface area contributed by atoms with E-state index in [0.717, 1.165) is 7.11 Å². The largest absolute Gasteiger partial charge is 0.507 e. The van der Waals surface area contributed by atoms with Crippen LogP contribution in [0.1, 0.15) is 25.0 Å². The number of nitriles is 1. The molecule has 0 radical (unpaired) electrons. The molecule has 1 aromatic rings. The maximum Gasteiger partial charge on any atom is 0.276 e. The van der Waals surface area contributed by atoms with Crippen molar-refractivity contribution in [3.05, 3.63) is 38.9 Å². The number of carbonyl (C=O) groups is 1. The number of nitro groups is 1. The molecule has 0 saturated carbocycles. The standard InChI is InChI=1S/C15H17N3O4.CH4O/c1-4-17(5-2)15(20)12(9-16)6-11-7-13(18(21)22)10(3)14(19)8-11;1-2/h6-8,19H,4-5H2,1-3H3;2H,1H3/b12-6+;. The zero-order valence-corrected chi connectivity index (χ0v) is 14.1. The first-order valence-corrected chi connectivity index (χ1v) is 7.19. The molecule has 1 rings (SSSR count). The van der Waals surface area contributed by atoms with Gasteiger partial charge in [0.25, 0.3) is 11.6 Å². The zero-order valence-electron chi connectivity index (χ0n) is 14.1. The van der Waals surface area contributed by atoms with Crippen molar-refractivity contribution in [1.82, 2.24) is 4.90 Å². The van der Waals surface area contributed by atoms with Gasteiger partial charge in [0.1, 0.15) is 17.4 Å². The summed E-state index contributed by atoms with van der Waals surface area (Å²) >= 11 is 0. The average Bonchev–Trinajstić information content (AvgIpc) is 2.58. The third-order valence-corrected chi connectivity index (χ3v) is 3.28. The molecule has 0 atom stereocenters. The highest BCUT2D eigenvalue weighted by atomic mass is 16.6. The Labute approximate surface area is 140 Å². The van der Waals surface area contributed by atoms with Crippen LogP contribution < -0.4 is 0 Å². The number of carbonyl (C=O) groups excluding carboxylic acids is 1. The van der Waals surface area contributed by atoms with E-state index in [1.54, 1.807) is 19.9 Å². The average molecular weight is 335 g/mol. The molecule has 0 aromatic heterocycles. The topological polar surface area (TPSA) is 128 Å². The van der Waals surface area contributed by atoms with Crippen LogP contribution >= 0.6 is 0 Å². The first kappa shape index (κ1) is 21.1. The summed E-state index contributed by atoms with van der Waals surface area (Å²) in [7, 11) is 1.00. The van der Waals surface area contributed by atoms with Gasteiger partial charge in [0.2, 0.25) is 0 Å². The molecule has 0 aliphatic rings. The summed E-state index contributed by atoms with van der Waals surface area (Å²) in [4.78, 5) is 23.9. The van der Waals surface area contributed by atoms with Gasteiger partial charge in [-0.1, -0.05) is 0 Å². The van der Waals surface area contributed by atoms with Crippen LogP contribution in [0.4, 0.5) is 5.69 Å². The lowest BCUT2D eigenvalue weighted by Crippen LogP contribution is -2.31. The number of hydrogen-bond acceptors (Lipinski definition) is 6. The van der Waals surface area contributed by atoms with Gasteiger partial charge in [-0.2, -0.15) is 5.26 Å². The minimum atomic E-state index is -0.620. The molecular weight excluding hydrogens is 314 g/mol. The quantitative estimate of drug-likeness (QED) is 0.366. The fraction of sp³-hybridized carbons (Fsp3) is 0.375. The summed E-state index contributed by atoms with van der Waals surface area (Å²) in [5, 5.41) is 36.8. The van der Waals surface area contributed by atoms with Crippen molar-refractivity contribution in [2.45, 2.75) is 20.8 Å². The molecule has 1 amide bonds. The van der Waals surface area contributed by atoms with Crippen molar-refractivity contribution in [3.63, 3.8) is 0 Å². The molecule has 0 spiro atoms. The second kappa shape index (κ2) is 9.97. The Bertz CT molecular complexity index is 673. The molecule has 24 heavy (non-hydrogen) atoms. The van der Waals surface area contributed by atoms with E-state index in [1.807, 2.05) is 0 Å². The summed E-state index contributed by atoms with van der Waals surface area (Å²) < 4.78 is 0. The Kier molecular flexibility index (Phi) is 8.76. The predicted molar refractivity (Wildman–Crippen MR) is 89.2 cm³/mol. The predicted octanol–water partition coefficient (Wildman–Crippen LogP) is 1.99. The van der Waals surface area contributed by atoms with Crippen molar-refractivity contribution in [2.24, 2.45) is 0 Å². The second-order valence-electron chi connectivity index (χ2n) is 4.59. The summed E-state index contributed by atoms with van der Waals surface area (Å²) in [6, 6.07) is 4.31. The van der Waals surface area contributed by atoms with Crippen LogP contribution in [0.3, 0.4) is 0 Å². The molecule has 0 aliphatic carbocycles. The first-order valence-electron chi connectivity index (χ1n) is 7.19. The van der Waals surface area contributed by atoms with Gasteiger partial charge < -0.3 is 15.1 Å². The SMILES string of the molecule is CCN(CC)C(=O)/C(C#N)=C/c1cc(O)c(C)c([N+](=O)[O-])c1.CO. The Hall–Kier alpha value is -2.92. The van der Waals surface area contributed by atoms with E-state index in [1.165, 1.54) is 30.0 Å². The minimum Gasteiger partial charge on any atom is -0.507 e. The van der Waals surface area contributed by atoms with E-state index in [0.29, 0.717) is 13.1 Å². The molecule has 0 unspecified atom stereocenters. The molecule has 0 aliphatic heterocycles. The van der Waals surface area contributed by atoms with Crippen molar-refractivity contribution in [3.8, 4) is 11.8 Å². The van der Waals surface area contributed by atoms with E-state index in [4.69, 9.17) is 10.4 Å². The Balaban J connectivity index is 0.00000254. The number of nitro benzene ring substituents is 1. The summed E-state index contributed by atoms with van der Waals surface area (Å²) in [6.07, 6.45) is 1.24. The summed E-state index contributed by atoms with van der Waals surface area (Å²) in [5.74, 6) is -0.705. The van der Waals surface area contributed by atoms with Crippen molar-refractivity contribution in [2.75, 3.05) is 20.2 Å². The smallest absolute Gasteiger partial charge is 0.276 e. The van der Waals surface area contributed by atoms with Gasteiger partial charge in [-0.25, -0.2) is 0 Å². The molecule has 0 heterocycles. The number of hydrogen-bond donors (Lipinski definition) is 2. The third-order valence-electron chi connectivity index (χ3n) is 3.28. The highest BCUT2D eigenvalue weighted by Gasteiger charge is 2.18. The zero-order chi connectivity index (χ0) is 18.9. The second-order valence-corrected chi connectivity index (χ2v) is 4.59. The number of phenolic OH excluding ortho intramolecular Hbond substituents is 1. The van der Waals surface area contributed by atoms with Crippen LogP contribution in [0.15, 0.2) is 17.7 Å². The van der Waals surface area contributed by atoms with E-state index < -0.39 is 10.8 Å². The van der Waals surface area contributed by atoms with Crippen LogP contribution in [0.25, 0.3) is 6.08 Å². The third kappa shape index (κ3) is 5.07. The molecular formula is C16H21N3O5. The summed E-state index contributed by atoms with van der Waals surface area (Å²) in [5.41, 5.74) is -0.0392. The molecule has 0 saturated heterocycles. The van der Waals surface area contributed by atoms with Crippen LogP contribution in [0, 0.1) is 28.4 Å². The van der Waals surface area contributed by atoms with Gasteiger partial charge in [0.15, 0.2) is 0 Å². The van der Waals surface area contributed by atoms with Crippen molar-refractivity contribution >= 4 is 17.7 Å². The van der Waals surface area contributed by atoms with Gasteiger partial charge >= 0.3 is 0 Å². The van der Waals surface area contributed by atoms with Crippen LogP contribution in [-0.2, 0) is 4.79 Å². The number of aromatic hydroxyl groups is 1. The fourth-order valence-corrected chi connectivity index (χ4v) is 1.97. The molecule has 0 fully saturated rings. The number of benzene rings is 1. The number of aliphatic hydroxyl groups excluding tert-OH is 1. The van der Waals surface area contributed by atoms with Crippen LogP contribution in [0.5, 0.6) is 5.75 Å². The molecule has 2 N–H and O–H groups in total. The highest BCUT2D eigenvalue weighted by Crippen LogP contribution is 2.29. The van der Waals surface area contributed by atoms with Crippen molar-refractivity contribution in [1.29, 1.82) is 5.26 Å². The highest BCUT2D eigenvalue weighted by molar-refractivity contribution is 6.01. The number of likely N-dealkylation sites (N-methyl/N-ethyl adjacent to an activating group) is 1. The normalized spacial score (nSPS) is 10.2. The molecule has 130 valence electrons. The maximum absolute atomic E-state index is 12.2. The van der Waals surface area contributed by atoms with Crippen LogP contribution in [0.2, 0.25) is 0 Å². The number of aliphatic hydroxyl groups is 1. The van der Waals surface area contributed by atoms with Gasteiger partial charge in [0, 0.05) is 26.3 Å². The van der Waals surface area contributed by atoms with E-state index in [2.05, 4.69) is 0 Å². The lowest BCUT2D eigenvalue weighted by molar-refractivity contribution is -0.385. The van der Waals surface area contributed by atoms with E-state index >= 15 is 0 Å². The summed E-state index contributed by atoms with van der Waals surface area (Å²) in [6.45, 7) is 5.91. The number of rotatable bonds is 5. The van der Waals surface area contributed by atoms with Crippen molar-refractivity contribution < 1.29 is 19.9 Å². The first-order chi connectivity index (χ1) is 11.3. The molecule has 8 nitrogen and oxygen atoms in total. The fourth-order valence-electron chi connectivity index (χ4n) is 1.97. The molecule has 0 bridgehead atoms. The van der Waals surface area contributed by atoms with Gasteiger partial charge in [-0.05, 0) is 38.5 Å². The number of amides is 1. The monoisotopic (exact) mass is 335 g/mol. The Morgan fingerprint density at radius 1 is 1.38 bits per heavy atom. The van der Waals surface area contributed by atoms with Crippen LogP contribution in [-0.4, -0.2) is 46.1 Å². The maximum atomic E-state index is 12.2. The van der Waals surface area contributed by atoms with E-state index in [-0.39, 0.29) is 28.1 Å². The number of phenols is 1. The van der Waals surface area contributed by atoms with Gasteiger partial charge in [-0.3, -0.25) is 14.9 Å². The van der Waals surface area contributed by atoms with Gasteiger partial charge in [0.05, 0.1) is 10.5 Å². The lowest BCUT2D eigenvalue weighted by atomic mass is 10.1. The number of nitrogens with zero attached hydrogens (tertiary/aromatic N) is 3. The molecule has 1 aromatic carbocycles. The molecule has 8 heteroatoms. The Morgan fingerprint density at radius 2 is 1.92 bits per heavy atom. The van der Waals surface area contributed by atoms with Gasteiger partial charge in [-0.15, -0.1) is 0 Å². The van der Waals surface area contributed by atoms with E-state index in [9.17, 15) is 20.0 Å². The lowest BCUT2D eigenvalue weighted by Gasteiger charge is -2.17.